The number of aromatic nitrogens is 3. The number of para-hydroxylation sites is 2. The third kappa shape index (κ3) is 4.12. The Labute approximate surface area is 310 Å². The molecular weight excluding hydrogens is 679 g/mol. The van der Waals surface area contributed by atoms with Crippen LogP contribution in [0.15, 0.2) is 135 Å². The van der Waals surface area contributed by atoms with E-state index in [1.165, 1.54) is 44.5 Å². The van der Waals surface area contributed by atoms with Gasteiger partial charge in [-0.1, -0.05) is 118 Å². The molecule has 2 aliphatic carbocycles. The first kappa shape index (κ1) is 30.3. The molecule has 0 amide bonds. The second kappa shape index (κ2) is 10.6. The zero-order chi connectivity index (χ0) is 34.9. The summed E-state index contributed by atoms with van der Waals surface area (Å²) in [7, 11) is 0. The average molecular weight is 710 g/mol. The van der Waals surface area contributed by atoms with Crippen LogP contribution >= 0.6 is 23.5 Å². The predicted molar refractivity (Wildman–Crippen MR) is 207 cm³/mol. The molecule has 0 saturated carbocycles. The van der Waals surface area contributed by atoms with Crippen molar-refractivity contribution < 1.29 is 9.47 Å². The summed E-state index contributed by atoms with van der Waals surface area (Å²) < 4.78 is 13.6. The summed E-state index contributed by atoms with van der Waals surface area (Å²) in [5, 5.41) is 0. The standard InChI is InChI=1S/C45H31N3O2S2/c1-44(2)28-12-6-5-10-25(28)37-29(44)18-21-36-41(37)50-39-27(11-9-15-34(39)52-36)43-47-23-46-42(48-43)24-16-17-26-31(22-24)45(3,4)30-19-20-35-40(38(26)30)49-32-13-7-8-14-33(32)51-35/h5-23H,1-4H3. The van der Waals surface area contributed by atoms with E-state index >= 15 is 0 Å². The maximum absolute atomic E-state index is 6.96. The molecule has 250 valence electrons. The van der Waals surface area contributed by atoms with Crippen molar-refractivity contribution in [1.29, 1.82) is 0 Å². The SMILES string of the molecule is CC1(C)c2cc(-c3ncnc(-c4cccc5c4Oc4c(ccc6c4-c4ccccc4C6(C)C)S5)n3)ccc2-c2c1ccc1c2Oc2ccccc2S1. The number of fused-ring (bicyclic) bond motifs is 12. The highest BCUT2D eigenvalue weighted by atomic mass is 32.2. The molecule has 0 N–H and O–H groups in total. The minimum atomic E-state index is -0.235. The van der Waals surface area contributed by atoms with Gasteiger partial charge in [0.05, 0.1) is 25.1 Å². The fourth-order valence-electron chi connectivity index (χ4n) is 8.53. The van der Waals surface area contributed by atoms with Crippen LogP contribution in [0.2, 0.25) is 0 Å². The van der Waals surface area contributed by atoms with Gasteiger partial charge >= 0.3 is 0 Å². The van der Waals surface area contributed by atoms with Gasteiger partial charge in [0.2, 0.25) is 0 Å². The monoisotopic (exact) mass is 709 g/mol. The van der Waals surface area contributed by atoms with Gasteiger partial charge in [-0.3, -0.25) is 0 Å². The molecule has 5 nitrogen and oxygen atoms in total. The minimum Gasteiger partial charge on any atom is -0.454 e. The summed E-state index contributed by atoms with van der Waals surface area (Å²) in [6.45, 7) is 9.17. The Morgan fingerprint density at radius 3 is 1.92 bits per heavy atom. The summed E-state index contributed by atoms with van der Waals surface area (Å²) in [6, 6.07) is 38.7. The van der Waals surface area contributed by atoms with Crippen LogP contribution in [0.3, 0.4) is 0 Å². The van der Waals surface area contributed by atoms with E-state index in [0.717, 1.165) is 53.7 Å². The van der Waals surface area contributed by atoms with Gasteiger partial charge in [0, 0.05) is 27.5 Å². The van der Waals surface area contributed by atoms with Crippen LogP contribution in [0, 0.1) is 0 Å². The minimum absolute atomic E-state index is 0.111. The molecule has 0 radical (unpaired) electrons. The first-order chi connectivity index (χ1) is 25.3. The van der Waals surface area contributed by atoms with Crippen molar-refractivity contribution in [2.45, 2.75) is 58.1 Å². The van der Waals surface area contributed by atoms with Crippen molar-refractivity contribution in [2.24, 2.45) is 0 Å². The lowest BCUT2D eigenvalue weighted by Gasteiger charge is -2.26. The van der Waals surface area contributed by atoms with E-state index in [4.69, 9.17) is 24.4 Å². The Balaban J connectivity index is 0.984. The lowest BCUT2D eigenvalue weighted by Crippen LogP contribution is -2.15. The van der Waals surface area contributed by atoms with Crippen molar-refractivity contribution in [3.63, 3.8) is 0 Å². The first-order valence-corrected chi connectivity index (χ1v) is 19.1. The van der Waals surface area contributed by atoms with Crippen molar-refractivity contribution in [3.05, 3.63) is 138 Å². The first-order valence-electron chi connectivity index (χ1n) is 17.5. The molecule has 11 rings (SSSR count). The van der Waals surface area contributed by atoms with Gasteiger partial charge in [0.25, 0.3) is 0 Å². The molecule has 2 aliphatic heterocycles. The quantitative estimate of drug-likeness (QED) is 0.177. The zero-order valence-corrected chi connectivity index (χ0v) is 30.6. The van der Waals surface area contributed by atoms with E-state index < -0.39 is 0 Å². The van der Waals surface area contributed by atoms with Crippen LogP contribution in [0.25, 0.3) is 45.0 Å². The Kier molecular flexibility index (Phi) is 6.17. The molecule has 4 aliphatic rings. The molecule has 3 heterocycles. The summed E-state index contributed by atoms with van der Waals surface area (Å²) in [5.74, 6) is 4.74. The predicted octanol–water partition coefficient (Wildman–Crippen LogP) is 12.3. The second-order valence-electron chi connectivity index (χ2n) is 14.8. The number of hydrogen-bond acceptors (Lipinski definition) is 7. The van der Waals surface area contributed by atoms with E-state index in [-0.39, 0.29) is 10.8 Å². The molecule has 0 fully saturated rings. The molecule has 0 bridgehead atoms. The van der Waals surface area contributed by atoms with Crippen molar-refractivity contribution in [2.75, 3.05) is 0 Å². The van der Waals surface area contributed by atoms with Crippen LogP contribution in [0.1, 0.15) is 49.9 Å². The van der Waals surface area contributed by atoms with E-state index in [9.17, 15) is 0 Å². The molecule has 7 aromatic rings. The number of hydrogen-bond donors (Lipinski definition) is 0. The molecule has 1 aromatic heterocycles. The van der Waals surface area contributed by atoms with Gasteiger partial charge in [0.1, 0.15) is 23.6 Å². The lowest BCUT2D eigenvalue weighted by atomic mass is 9.82. The number of benzene rings is 6. The van der Waals surface area contributed by atoms with Crippen molar-refractivity contribution >= 4 is 23.5 Å². The summed E-state index contributed by atoms with van der Waals surface area (Å²) in [5.41, 5.74) is 11.3. The van der Waals surface area contributed by atoms with Gasteiger partial charge in [-0.05, 0) is 75.8 Å². The molecule has 6 aromatic carbocycles. The number of rotatable bonds is 2. The van der Waals surface area contributed by atoms with Gasteiger partial charge in [-0.2, -0.15) is 0 Å². The smallest absolute Gasteiger partial charge is 0.167 e. The normalized spacial score (nSPS) is 15.8. The fourth-order valence-corrected chi connectivity index (χ4v) is 10.5. The third-order valence-electron chi connectivity index (χ3n) is 11.2. The Bertz CT molecular complexity index is 2720. The largest absolute Gasteiger partial charge is 0.454 e. The van der Waals surface area contributed by atoms with Crippen LogP contribution in [0.5, 0.6) is 23.0 Å². The highest BCUT2D eigenvalue weighted by molar-refractivity contribution is 8.00. The number of nitrogens with zero attached hydrogens (tertiary/aromatic N) is 3. The zero-order valence-electron chi connectivity index (χ0n) is 28.9. The van der Waals surface area contributed by atoms with E-state index in [0.29, 0.717) is 11.6 Å². The van der Waals surface area contributed by atoms with Gasteiger partial charge in [-0.15, -0.1) is 0 Å². The van der Waals surface area contributed by atoms with E-state index in [1.54, 1.807) is 29.9 Å². The van der Waals surface area contributed by atoms with Crippen molar-refractivity contribution in [1.82, 2.24) is 15.0 Å². The average Bonchev–Trinajstić information content (AvgIpc) is 3.55. The summed E-state index contributed by atoms with van der Waals surface area (Å²) in [6.07, 6.45) is 1.61. The highest BCUT2D eigenvalue weighted by Crippen LogP contribution is 2.61. The maximum atomic E-state index is 6.96. The van der Waals surface area contributed by atoms with Gasteiger partial charge < -0.3 is 9.47 Å². The number of ether oxygens (including phenoxy) is 2. The topological polar surface area (TPSA) is 57.1 Å². The van der Waals surface area contributed by atoms with Gasteiger partial charge in [-0.25, -0.2) is 15.0 Å². The van der Waals surface area contributed by atoms with Gasteiger partial charge in [0.15, 0.2) is 17.4 Å². The molecule has 0 unspecified atom stereocenters. The summed E-state index contributed by atoms with van der Waals surface area (Å²) in [4.78, 5) is 18.9. The molecule has 0 saturated heterocycles. The molecule has 0 atom stereocenters. The molecule has 7 heteroatoms. The molecule has 52 heavy (non-hydrogen) atoms. The molecule has 0 spiro atoms. The maximum Gasteiger partial charge on any atom is 0.167 e. The Morgan fingerprint density at radius 1 is 0.481 bits per heavy atom. The van der Waals surface area contributed by atoms with E-state index in [2.05, 4.69) is 119 Å². The Morgan fingerprint density at radius 2 is 1.10 bits per heavy atom. The van der Waals surface area contributed by atoms with Crippen LogP contribution in [0.4, 0.5) is 0 Å². The summed E-state index contributed by atoms with van der Waals surface area (Å²) >= 11 is 3.51. The second-order valence-corrected chi connectivity index (χ2v) is 17.0. The van der Waals surface area contributed by atoms with E-state index in [1.807, 2.05) is 18.2 Å². The van der Waals surface area contributed by atoms with Crippen molar-refractivity contribution in [3.8, 4) is 68.0 Å². The Hall–Kier alpha value is -5.37. The van der Waals surface area contributed by atoms with Crippen LogP contribution in [-0.4, -0.2) is 15.0 Å². The lowest BCUT2D eigenvalue weighted by molar-refractivity contribution is 0.455. The third-order valence-corrected chi connectivity index (χ3v) is 13.4. The van der Waals surface area contributed by atoms with Crippen LogP contribution < -0.4 is 9.47 Å². The van der Waals surface area contributed by atoms with Crippen LogP contribution in [-0.2, 0) is 10.8 Å². The fraction of sp³-hybridized carbons (Fsp3) is 0.133. The molecular formula is C45H31N3O2S2. The highest BCUT2D eigenvalue weighted by Gasteiger charge is 2.41.